The van der Waals surface area contributed by atoms with Crippen LogP contribution in [0.3, 0.4) is 0 Å². The molecule has 23 heavy (non-hydrogen) atoms. The van der Waals surface area contributed by atoms with E-state index >= 15 is 0 Å². The summed E-state index contributed by atoms with van der Waals surface area (Å²) in [7, 11) is 0. The minimum Gasteiger partial charge on any atom is -0.424 e. The first-order chi connectivity index (χ1) is 11.1. The van der Waals surface area contributed by atoms with Gasteiger partial charge in [0, 0.05) is 13.0 Å². The summed E-state index contributed by atoms with van der Waals surface area (Å²) in [6.45, 7) is 8.06. The summed E-state index contributed by atoms with van der Waals surface area (Å²) in [5.41, 5.74) is -0.0503. The number of aryl methyl sites for hydroxylation is 1. The SMILES string of the molecule is C=CCn1c(SC(C)c2nnc(CC)o2)nc2sccc2c1=O. The van der Waals surface area contributed by atoms with Gasteiger partial charge in [-0.3, -0.25) is 9.36 Å². The molecule has 3 aromatic rings. The molecular formula is C15H16N4O2S2. The first-order valence-corrected chi connectivity index (χ1v) is 8.97. The summed E-state index contributed by atoms with van der Waals surface area (Å²) in [6.07, 6.45) is 2.39. The lowest BCUT2D eigenvalue weighted by atomic mass is 10.4. The molecule has 0 N–H and O–H groups in total. The third kappa shape index (κ3) is 3.09. The van der Waals surface area contributed by atoms with Crippen LogP contribution in [0.5, 0.6) is 0 Å². The van der Waals surface area contributed by atoms with Crippen molar-refractivity contribution in [2.45, 2.75) is 37.2 Å². The Morgan fingerprint density at radius 3 is 3.04 bits per heavy atom. The fourth-order valence-corrected chi connectivity index (χ4v) is 3.85. The fraction of sp³-hybridized carbons (Fsp3) is 0.333. The van der Waals surface area contributed by atoms with Gasteiger partial charge < -0.3 is 4.42 Å². The van der Waals surface area contributed by atoms with Crippen molar-refractivity contribution in [1.29, 1.82) is 0 Å². The molecule has 0 aliphatic carbocycles. The maximum absolute atomic E-state index is 12.6. The normalized spacial score (nSPS) is 12.6. The second-order valence-electron chi connectivity index (χ2n) is 4.89. The standard InChI is InChI=1S/C15H16N4O2S2/c1-4-7-19-14(20)10-6-8-22-13(10)16-15(19)23-9(3)12-18-17-11(5-2)21-12/h4,6,8-9H,1,5,7H2,2-3H3. The molecule has 1 atom stereocenters. The Kier molecular flexibility index (Phi) is 4.63. The number of fused-ring (bicyclic) bond motifs is 1. The van der Waals surface area contributed by atoms with Crippen molar-refractivity contribution in [3.05, 3.63) is 46.2 Å². The van der Waals surface area contributed by atoms with Gasteiger partial charge in [0.25, 0.3) is 5.56 Å². The Morgan fingerprint density at radius 2 is 2.35 bits per heavy atom. The fourth-order valence-electron chi connectivity index (χ4n) is 2.09. The molecule has 8 heteroatoms. The van der Waals surface area contributed by atoms with Crippen LogP contribution in [0.25, 0.3) is 10.2 Å². The quantitative estimate of drug-likeness (QED) is 0.386. The zero-order valence-electron chi connectivity index (χ0n) is 12.9. The van der Waals surface area contributed by atoms with Crippen molar-refractivity contribution in [1.82, 2.24) is 19.7 Å². The van der Waals surface area contributed by atoms with E-state index < -0.39 is 0 Å². The molecule has 0 bridgehead atoms. The van der Waals surface area contributed by atoms with Gasteiger partial charge in [-0.2, -0.15) is 0 Å². The van der Waals surface area contributed by atoms with Crippen molar-refractivity contribution in [3.63, 3.8) is 0 Å². The highest BCUT2D eigenvalue weighted by molar-refractivity contribution is 7.99. The van der Waals surface area contributed by atoms with Crippen LogP contribution in [0.2, 0.25) is 0 Å². The molecule has 0 aliphatic heterocycles. The number of allylic oxidation sites excluding steroid dienone is 1. The van der Waals surface area contributed by atoms with Crippen LogP contribution in [-0.2, 0) is 13.0 Å². The Labute approximate surface area is 141 Å². The number of rotatable bonds is 6. The summed E-state index contributed by atoms with van der Waals surface area (Å²) >= 11 is 2.89. The third-order valence-electron chi connectivity index (χ3n) is 3.27. The molecule has 0 amide bonds. The summed E-state index contributed by atoms with van der Waals surface area (Å²) in [5.74, 6) is 1.15. The van der Waals surface area contributed by atoms with E-state index in [4.69, 9.17) is 4.42 Å². The van der Waals surface area contributed by atoms with Gasteiger partial charge in [0.15, 0.2) is 5.16 Å². The van der Waals surface area contributed by atoms with Crippen LogP contribution in [0.1, 0.15) is 30.9 Å². The van der Waals surface area contributed by atoms with Gasteiger partial charge in [0.2, 0.25) is 11.8 Å². The summed E-state index contributed by atoms with van der Waals surface area (Å²) in [5, 5.41) is 11.1. The van der Waals surface area contributed by atoms with E-state index in [-0.39, 0.29) is 10.8 Å². The number of thioether (sulfide) groups is 1. The smallest absolute Gasteiger partial charge is 0.263 e. The molecule has 0 saturated heterocycles. The zero-order valence-corrected chi connectivity index (χ0v) is 14.5. The van der Waals surface area contributed by atoms with Crippen molar-refractivity contribution < 1.29 is 4.42 Å². The Hall–Kier alpha value is -1.93. The predicted octanol–water partition coefficient (Wildman–Crippen LogP) is 3.44. The zero-order chi connectivity index (χ0) is 16.4. The average molecular weight is 348 g/mol. The van der Waals surface area contributed by atoms with Crippen molar-refractivity contribution in [2.75, 3.05) is 0 Å². The predicted molar refractivity (Wildman–Crippen MR) is 92.0 cm³/mol. The summed E-state index contributed by atoms with van der Waals surface area (Å²) in [4.78, 5) is 17.9. The number of thiophene rings is 1. The third-order valence-corrected chi connectivity index (χ3v) is 5.16. The average Bonchev–Trinajstić information content (AvgIpc) is 3.19. The van der Waals surface area contributed by atoms with E-state index in [9.17, 15) is 4.79 Å². The molecule has 0 saturated carbocycles. The van der Waals surface area contributed by atoms with Crippen molar-refractivity contribution in [2.24, 2.45) is 0 Å². The number of nitrogens with zero attached hydrogens (tertiary/aromatic N) is 4. The lowest BCUT2D eigenvalue weighted by Gasteiger charge is -2.12. The minimum atomic E-state index is -0.0943. The van der Waals surface area contributed by atoms with E-state index in [2.05, 4.69) is 21.8 Å². The van der Waals surface area contributed by atoms with Gasteiger partial charge in [-0.25, -0.2) is 4.98 Å². The topological polar surface area (TPSA) is 73.8 Å². The van der Waals surface area contributed by atoms with Crippen molar-refractivity contribution >= 4 is 33.3 Å². The molecule has 0 aliphatic rings. The maximum Gasteiger partial charge on any atom is 0.263 e. The molecule has 3 heterocycles. The molecule has 1 unspecified atom stereocenters. The van der Waals surface area contributed by atoms with E-state index in [0.717, 1.165) is 4.83 Å². The van der Waals surface area contributed by atoms with E-state index in [1.807, 2.05) is 19.2 Å². The maximum atomic E-state index is 12.6. The summed E-state index contributed by atoms with van der Waals surface area (Å²) in [6, 6.07) is 1.80. The van der Waals surface area contributed by atoms with Crippen LogP contribution < -0.4 is 5.56 Å². The van der Waals surface area contributed by atoms with Gasteiger partial charge in [0.05, 0.1) is 10.6 Å². The molecule has 6 nitrogen and oxygen atoms in total. The highest BCUT2D eigenvalue weighted by atomic mass is 32.2. The van der Waals surface area contributed by atoms with Crippen molar-refractivity contribution in [3.8, 4) is 0 Å². The largest absolute Gasteiger partial charge is 0.424 e. The lowest BCUT2D eigenvalue weighted by Crippen LogP contribution is -2.22. The van der Waals surface area contributed by atoms with Gasteiger partial charge in [0.1, 0.15) is 4.83 Å². The molecule has 0 radical (unpaired) electrons. The molecule has 0 aromatic carbocycles. The van der Waals surface area contributed by atoms with E-state index in [1.54, 1.807) is 16.7 Å². The number of hydrogen-bond donors (Lipinski definition) is 0. The van der Waals surface area contributed by atoms with Crippen LogP contribution in [0.15, 0.2) is 38.5 Å². The second-order valence-corrected chi connectivity index (χ2v) is 7.09. The van der Waals surface area contributed by atoms with Gasteiger partial charge in [-0.15, -0.1) is 28.1 Å². The van der Waals surface area contributed by atoms with Crippen LogP contribution >= 0.6 is 23.1 Å². The van der Waals surface area contributed by atoms with Crippen LogP contribution in [0.4, 0.5) is 0 Å². The van der Waals surface area contributed by atoms with E-state index in [1.165, 1.54) is 23.1 Å². The van der Waals surface area contributed by atoms with Gasteiger partial charge >= 0.3 is 0 Å². The Balaban J connectivity index is 1.99. The highest BCUT2D eigenvalue weighted by Crippen LogP contribution is 2.33. The molecule has 0 spiro atoms. The van der Waals surface area contributed by atoms with Crippen LogP contribution in [0, 0.1) is 0 Å². The lowest BCUT2D eigenvalue weighted by molar-refractivity contribution is 0.455. The molecular weight excluding hydrogens is 332 g/mol. The number of hydrogen-bond acceptors (Lipinski definition) is 7. The molecule has 3 rings (SSSR count). The van der Waals surface area contributed by atoms with Gasteiger partial charge in [-0.05, 0) is 18.4 Å². The second kappa shape index (κ2) is 6.67. The molecule has 120 valence electrons. The van der Waals surface area contributed by atoms with E-state index in [0.29, 0.717) is 35.3 Å². The first-order valence-electron chi connectivity index (χ1n) is 7.22. The summed E-state index contributed by atoms with van der Waals surface area (Å²) < 4.78 is 7.22. The highest BCUT2D eigenvalue weighted by Gasteiger charge is 2.19. The Morgan fingerprint density at radius 1 is 1.52 bits per heavy atom. The Bertz CT molecular complexity index is 896. The van der Waals surface area contributed by atoms with Gasteiger partial charge in [-0.1, -0.05) is 24.8 Å². The molecule has 3 aromatic heterocycles. The molecule has 0 fully saturated rings. The number of aromatic nitrogens is 4. The minimum absolute atomic E-state index is 0.0503. The van der Waals surface area contributed by atoms with Crippen LogP contribution in [-0.4, -0.2) is 19.7 Å². The first kappa shape index (κ1) is 15.9. The monoisotopic (exact) mass is 348 g/mol.